The highest BCUT2D eigenvalue weighted by atomic mass is 35.5. The maximum Gasteiger partial charge on any atom is 0.414 e. The summed E-state index contributed by atoms with van der Waals surface area (Å²) in [5, 5.41) is 20.2. The van der Waals surface area contributed by atoms with Crippen molar-refractivity contribution in [3.63, 3.8) is 0 Å². The fourth-order valence-corrected chi connectivity index (χ4v) is 2.95. The maximum atomic E-state index is 9.10. The van der Waals surface area contributed by atoms with E-state index in [1.807, 2.05) is 35.9 Å². The van der Waals surface area contributed by atoms with E-state index in [-0.39, 0.29) is 0 Å². The van der Waals surface area contributed by atoms with Crippen LogP contribution in [0.15, 0.2) is 42.6 Å². The highest BCUT2D eigenvalue weighted by Gasteiger charge is 2.10. The number of benzene rings is 2. The summed E-state index contributed by atoms with van der Waals surface area (Å²) in [6, 6.07) is 11.0. The summed E-state index contributed by atoms with van der Waals surface area (Å²) in [5.74, 6) is -2.91. The van der Waals surface area contributed by atoms with E-state index in [1.54, 1.807) is 18.3 Å². The Kier molecular flexibility index (Phi) is 8.37. The molecule has 0 atom stereocenters. The summed E-state index contributed by atoms with van der Waals surface area (Å²) in [6.07, 6.45) is 1.79. The fraction of sp³-hybridized carbons (Fsp3) is 0.105. The lowest BCUT2D eigenvalue weighted by atomic mass is 10.2. The van der Waals surface area contributed by atoms with E-state index in [0.29, 0.717) is 26.6 Å². The first-order valence-electron chi connectivity index (χ1n) is 8.21. The summed E-state index contributed by atoms with van der Waals surface area (Å²) in [6.45, 7) is 0.586. The third-order valence-corrected chi connectivity index (χ3v) is 5.30. The number of halogens is 4. The molecule has 0 amide bonds. The van der Waals surface area contributed by atoms with Gasteiger partial charge in [-0.05, 0) is 29.8 Å². The van der Waals surface area contributed by atoms with Crippen molar-refractivity contribution in [1.82, 2.24) is 9.55 Å². The second-order valence-corrected chi connectivity index (χ2v) is 7.50. The van der Waals surface area contributed by atoms with Crippen molar-refractivity contribution in [1.29, 1.82) is 0 Å². The van der Waals surface area contributed by atoms with E-state index in [4.69, 9.17) is 66.2 Å². The molecule has 0 aliphatic heterocycles. The van der Waals surface area contributed by atoms with Crippen LogP contribution in [0.4, 0.5) is 5.95 Å². The van der Waals surface area contributed by atoms with Crippen LogP contribution in [0.2, 0.25) is 20.1 Å². The SMILES string of the molecule is Cn1c(-c2ccc(Cl)c(Cl)c2)cnc1NCc1ccc(Cl)c(Cl)c1.O=C(O)C(=O)O. The van der Waals surface area contributed by atoms with Crippen LogP contribution in [0, 0.1) is 0 Å². The van der Waals surface area contributed by atoms with Crippen molar-refractivity contribution >= 4 is 64.3 Å². The molecule has 2 aromatic carbocycles. The topological polar surface area (TPSA) is 104 Å². The Morgan fingerprint density at radius 2 is 1.50 bits per heavy atom. The number of aliphatic carboxylic acids is 2. The average molecular weight is 491 g/mol. The molecule has 3 rings (SSSR count). The Morgan fingerprint density at radius 3 is 2.03 bits per heavy atom. The lowest BCUT2D eigenvalue weighted by Crippen LogP contribution is -2.09. The number of anilines is 1. The van der Waals surface area contributed by atoms with E-state index in [1.165, 1.54) is 0 Å². The number of hydrogen-bond donors (Lipinski definition) is 3. The van der Waals surface area contributed by atoms with Gasteiger partial charge in [-0.1, -0.05) is 58.5 Å². The van der Waals surface area contributed by atoms with Crippen molar-refractivity contribution in [3.8, 4) is 11.3 Å². The Bertz CT molecular complexity index is 1070. The van der Waals surface area contributed by atoms with Gasteiger partial charge >= 0.3 is 11.9 Å². The van der Waals surface area contributed by atoms with E-state index in [9.17, 15) is 0 Å². The Hall–Kier alpha value is -2.45. The molecule has 0 fully saturated rings. The maximum absolute atomic E-state index is 9.10. The smallest absolute Gasteiger partial charge is 0.414 e. The lowest BCUT2D eigenvalue weighted by molar-refractivity contribution is -0.159. The van der Waals surface area contributed by atoms with Gasteiger partial charge in [0.1, 0.15) is 0 Å². The molecule has 0 radical (unpaired) electrons. The lowest BCUT2D eigenvalue weighted by Gasteiger charge is -2.09. The molecule has 0 aliphatic carbocycles. The van der Waals surface area contributed by atoms with E-state index >= 15 is 0 Å². The summed E-state index contributed by atoms with van der Waals surface area (Å²) in [4.78, 5) is 22.6. The second kappa shape index (κ2) is 10.5. The first-order valence-corrected chi connectivity index (χ1v) is 9.72. The number of carboxylic acid groups (broad SMARTS) is 2. The number of carboxylic acids is 2. The van der Waals surface area contributed by atoms with Crippen LogP contribution >= 0.6 is 46.4 Å². The number of rotatable bonds is 4. The zero-order valence-corrected chi connectivity index (χ0v) is 18.4. The van der Waals surface area contributed by atoms with Crippen LogP contribution in [-0.4, -0.2) is 31.7 Å². The Labute approximate surface area is 191 Å². The predicted octanol–water partition coefficient (Wildman–Crippen LogP) is 5.47. The summed E-state index contributed by atoms with van der Waals surface area (Å²) in [5.41, 5.74) is 2.90. The molecule has 0 unspecified atom stereocenters. The number of aromatic nitrogens is 2. The van der Waals surface area contributed by atoms with Gasteiger partial charge in [0.25, 0.3) is 0 Å². The zero-order valence-electron chi connectivity index (χ0n) is 15.4. The molecule has 11 heteroatoms. The molecule has 0 saturated carbocycles. The van der Waals surface area contributed by atoms with Crippen LogP contribution in [-0.2, 0) is 23.2 Å². The number of nitrogens with one attached hydrogen (secondary N) is 1. The first kappa shape index (κ1) is 23.8. The predicted molar refractivity (Wildman–Crippen MR) is 118 cm³/mol. The van der Waals surface area contributed by atoms with Crippen LogP contribution < -0.4 is 5.32 Å². The van der Waals surface area contributed by atoms with Crippen molar-refractivity contribution in [2.75, 3.05) is 5.32 Å². The zero-order chi connectivity index (χ0) is 22.4. The normalized spacial score (nSPS) is 10.2. The van der Waals surface area contributed by atoms with Crippen LogP contribution in [0.1, 0.15) is 5.56 Å². The van der Waals surface area contributed by atoms with Crippen molar-refractivity contribution in [2.24, 2.45) is 7.05 Å². The van der Waals surface area contributed by atoms with Crippen LogP contribution in [0.3, 0.4) is 0 Å². The van der Waals surface area contributed by atoms with Gasteiger partial charge in [-0.25, -0.2) is 14.6 Å². The van der Waals surface area contributed by atoms with E-state index in [2.05, 4.69) is 10.3 Å². The third-order valence-electron chi connectivity index (χ3n) is 3.82. The summed E-state index contributed by atoms with van der Waals surface area (Å²) < 4.78 is 1.96. The molecule has 7 nitrogen and oxygen atoms in total. The monoisotopic (exact) mass is 489 g/mol. The standard InChI is InChI=1S/C17H13Cl4N3.C2H2O4/c1-24-16(11-3-5-13(19)15(21)7-11)9-23-17(24)22-8-10-2-4-12(18)14(20)6-10;3-1(4)2(5)6/h2-7,9H,8H2,1H3,(H,22,23);(H,3,4)(H,5,6). The van der Waals surface area contributed by atoms with Gasteiger partial charge in [0.2, 0.25) is 5.95 Å². The minimum absolute atomic E-state index is 0.515. The molecule has 3 aromatic rings. The molecule has 1 heterocycles. The van der Waals surface area contributed by atoms with E-state index < -0.39 is 11.9 Å². The molecule has 0 aliphatic rings. The minimum Gasteiger partial charge on any atom is -0.473 e. The van der Waals surface area contributed by atoms with Gasteiger partial charge in [0.05, 0.1) is 32.0 Å². The molecule has 1 aromatic heterocycles. The molecular formula is C19H15Cl4N3O4. The van der Waals surface area contributed by atoms with Crippen molar-refractivity contribution in [3.05, 3.63) is 68.2 Å². The van der Waals surface area contributed by atoms with Crippen LogP contribution in [0.5, 0.6) is 0 Å². The number of hydrogen-bond acceptors (Lipinski definition) is 4. The van der Waals surface area contributed by atoms with Gasteiger partial charge in [0.15, 0.2) is 0 Å². The molecule has 3 N–H and O–H groups in total. The molecule has 158 valence electrons. The second-order valence-electron chi connectivity index (χ2n) is 5.87. The Morgan fingerprint density at radius 1 is 0.933 bits per heavy atom. The van der Waals surface area contributed by atoms with Gasteiger partial charge in [-0.2, -0.15) is 0 Å². The highest BCUT2D eigenvalue weighted by molar-refractivity contribution is 6.42. The van der Waals surface area contributed by atoms with Crippen molar-refractivity contribution < 1.29 is 19.8 Å². The third kappa shape index (κ3) is 6.27. The molecule has 0 bridgehead atoms. The first-order chi connectivity index (χ1) is 14.1. The van der Waals surface area contributed by atoms with Crippen LogP contribution in [0.25, 0.3) is 11.3 Å². The largest absolute Gasteiger partial charge is 0.473 e. The molecule has 30 heavy (non-hydrogen) atoms. The number of nitrogens with zero attached hydrogens (tertiary/aromatic N) is 2. The minimum atomic E-state index is -1.82. The van der Waals surface area contributed by atoms with Gasteiger partial charge in [0, 0.05) is 19.2 Å². The summed E-state index contributed by atoms with van der Waals surface area (Å²) >= 11 is 24.0. The molecular weight excluding hydrogens is 476 g/mol. The summed E-state index contributed by atoms with van der Waals surface area (Å²) in [7, 11) is 1.93. The number of imidazole rings is 1. The van der Waals surface area contributed by atoms with Gasteiger partial charge in [-0.3, -0.25) is 0 Å². The quantitative estimate of drug-likeness (QED) is 0.419. The fourth-order valence-electron chi connectivity index (χ4n) is 2.33. The van der Waals surface area contributed by atoms with E-state index in [0.717, 1.165) is 22.8 Å². The highest BCUT2D eigenvalue weighted by Crippen LogP contribution is 2.29. The Balaban J connectivity index is 0.000000469. The number of carbonyl (C=O) groups is 2. The molecule has 0 saturated heterocycles. The molecule has 0 spiro atoms. The van der Waals surface area contributed by atoms with Gasteiger partial charge < -0.3 is 20.1 Å². The average Bonchev–Trinajstić information content (AvgIpc) is 3.06. The van der Waals surface area contributed by atoms with Gasteiger partial charge in [-0.15, -0.1) is 0 Å². The van der Waals surface area contributed by atoms with Crippen molar-refractivity contribution in [2.45, 2.75) is 6.54 Å².